The molecule has 26 heavy (non-hydrogen) atoms. The first-order chi connectivity index (χ1) is 12.8. The first-order valence-electron chi connectivity index (χ1n) is 8.76. The van der Waals surface area contributed by atoms with Crippen LogP contribution in [0.5, 0.6) is 11.5 Å². The smallest absolute Gasteiger partial charge is 0.257 e. The SMILES string of the molecule is O=C(c1ccccc1Oc1cccnc1)N1CCCC1Cn1cccn1. The molecule has 1 unspecified atom stereocenters. The second-order valence-corrected chi connectivity index (χ2v) is 6.31. The van der Waals surface area contributed by atoms with Gasteiger partial charge < -0.3 is 9.64 Å². The molecule has 2 aromatic heterocycles. The molecule has 132 valence electrons. The number of nitrogens with zero attached hydrogens (tertiary/aromatic N) is 4. The highest BCUT2D eigenvalue weighted by molar-refractivity contribution is 5.97. The molecule has 4 rings (SSSR count). The summed E-state index contributed by atoms with van der Waals surface area (Å²) in [5, 5.41) is 4.27. The molecule has 6 heteroatoms. The van der Waals surface area contributed by atoms with Crippen LogP contribution in [0.4, 0.5) is 0 Å². The Balaban J connectivity index is 1.56. The summed E-state index contributed by atoms with van der Waals surface area (Å²) in [6, 6.07) is 13.0. The zero-order valence-corrected chi connectivity index (χ0v) is 14.4. The molecule has 0 aliphatic carbocycles. The van der Waals surface area contributed by atoms with Gasteiger partial charge in [0, 0.05) is 25.1 Å². The minimum atomic E-state index is -0.000790. The molecule has 1 aliphatic rings. The van der Waals surface area contributed by atoms with Crippen LogP contribution in [0.3, 0.4) is 0 Å². The lowest BCUT2D eigenvalue weighted by Crippen LogP contribution is -2.38. The Morgan fingerprint density at radius 1 is 1.15 bits per heavy atom. The quantitative estimate of drug-likeness (QED) is 0.709. The summed E-state index contributed by atoms with van der Waals surface area (Å²) >= 11 is 0. The maximum atomic E-state index is 13.2. The van der Waals surface area contributed by atoms with Crippen molar-refractivity contribution in [1.82, 2.24) is 19.7 Å². The van der Waals surface area contributed by atoms with Crippen molar-refractivity contribution in [3.05, 3.63) is 72.8 Å². The number of benzene rings is 1. The third-order valence-corrected chi connectivity index (χ3v) is 4.57. The van der Waals surface area contributed by atoms with Crippen molar-refractivity contribution in [1.29, 1.82) is 0 Å². The van der Waals surface area contributed by atoms with Crippen molar-refractivity contribution in [3.63, 3.8) is 0 Å². The molecule has 1 saturated heterocycles. The van der Waals surface area contributed by atoms with E-state index in [0.717, 1.165) is 19.4 Å². The molecule has 0 radical (unpaired) electrons. The van der Waals surface area contributed by atoms with Gasteiger partial charge in [0.15, 0.2) is 0 Å². The van der Waals surface area contributed by atoms with E-state index in [0.29, 0.717) is 23.6 Å². The molecule has 0 bridgehead atoms. The Hall–Kier alpha value is -3.15. The maximum absolute atomic E-state index is 13.2. The molecule has 3 aromatic rings. The molecule has 0 saturated carbocycles. The van der Waals surface area contributed by atoms with Crippen LogP contribution in [0, 0.1) is 0 Å². The fourth-order valence-corrected chi connectivity index (χ4v) is 3.34. The summed E-state index contributed by atoms with van der Waals surface area (Å²) < 4.78 is 7.79. The van der Waals surface area contributed by atoms with E-state index in [1.165, 1.54) is 0 Å². The molecule has 0 spiro atoms. The van der Waals surface area contributed by atoms with Gasteiger partial charge in [-0.3, -0.25) is 14.5 Å². The van der Waals surface area contributed by atoms with Crippen LogP contribution in [0.15, 0.2) is 67.3 Å². The molecule has 0 N–H and O–H groups in total. The van der Waals surface area contributed by atoms with Gasteiger partial charge in [-0.25, -0.2) is 0 Å². The van der Waals surface area contributed by atoms with Crippen molar-refractivity contribution in [2.45, 2.75) is 25.4 Å². The van der Waals surface area contributed by atoms with Gasteiger partial charge in [0.25, 0.3) is 5.91 Å². The number of likely N-dealkylation sites (tertiary alicyclic amines) is 1. The van der Waals surface area contributed by atoms with Crippen LogP contribution in [-0.4, -0.2) is 38.2 Å². The van der Waals surface area contributed by atoms with Crippen LogP contribution in [0.2, 0.25) is 0 Å². The Bertz CT molecular complexity index is 865. The van der Waals surface area contributed by atoms with Crippen molar-refractivity contribution in [2.24, 2.45) is 0 Å². The van der Waals surface area contributed by atoms with Gasteiger partial charge in [-0.05, 0) is 43.2 Å². The topological polar surface area (TPSA) is 60.2 Å². The summed E-state index contributed by atoms with van der Waals surface area (Å²) in [4.78, 5) is 19.2. The predicted octanol–water partition coefficient (Wildman–Crippen LogP) is 3.38. The normalized spacial score (nSPS) is 16.6. The Morgan fingerprint density at radius 3 is 2.88 bits per heavy atom. The number of carbonyl (C=O) groups excluding carboxylic acids is 1. The van der Waals surface area contributed by atoms with Crippen LogP contribution in [0.1, 0.15) is 23.2 Å². The lowest BCUT2D eigenvalue weighted by molar-refractivity contribution is 0.0719. The molecule has 1 amide bonds. The summed E-state index contributed by atoms with van der Waals surface area (Å²) in [6.07, 6.45) is 9.00. The van der Waals surface area contributed by atoms with Gasteiger partial charge in [0.2, 0.25) is 0 Å². The molecule has 1 aromatic carbocycles. The lowest BCUT2D eigenvalue weighted by atomic mass is 10.1. The third-order valence-electron chi connectivity index (χ3n) is 4.57. The minimum absolute atomic E-state index is 0.000790. The number of carbonyl (C=O) groups is 1. The van der Waals surface area contributed by atoms with Crippen LogP contribution < -0.4 is 4.74 Å². The highest BCUT2D eigenvalue weighted by Crippen LogP contribution is 2.28. The fraction of sp³-hybridized carbons (Fsp3) is 0.250. The minimum Gasteiger partial charge on any atom is -0.455 e. The van der Waals surface area contributed by atoms with Gasteiger partial charge in [0.05, 0.1) is 24.3 Å². The van der Waals surface area contributed by atoms with E-state index in [-0.39, 0.29) is 11.9 Å². The maximum Gasteiger partial charge on any atom is 0.257 e. The van der Waals surface area contributed by atoms with Gasteiger partial charge >= 0.3 is 0 Å². The number of pyridine rings is 1. The number of rotatable bonds is 5. The zero-order valence-electron chi connectivity index (χ0n) is 14.4. The number of hydrogen-bond acceptors (Lipinski definition) is 4. The second kappa shape index (κ2) is 7.39. The Labute approximate surface area is 152 Å². The number of amides is 1. The first-order valence-corrected chi connectivity index (χ1v) is 8.76. The van der Waals surface area contributed by atoms with E-state index in [1.807, 2.05) is 52.2 Å². The van der Waals surface area contributed by atoms with Crippen molar-refractivity contribution < 1.29 is 9.53 Å². The largest absolute Gasteiger partial charge is 0.455 e. The van der Waals surface area contributed by atoms with Gasteiger partial charge in [-0.1, -0.05) is 12.1 Å². The molecular weight excluding hydrogens is 328 g/mol. The van der Waals surface area contributed by atoms with Gasteiger partial charge in [-0.2, -0.15) is 5.10 Å². The highest BCUT2D eigenvalue weighted by atomic mass is 16.5. The number of hydrogen-bond donors (Lipinski definition) is 0. The lowest BCUT2D eigenvalue weighted by Gasteiger charge is -2.25. The van der Waals surface area contributed by atoms with Crippen LogP contribution >= 0.6 is 0 Å². The molecule has 1 fully saturated rings. The second-order valence-electron chi connectivity index (χ2n) is 6.31. The monoisotopic (exact) mass is 348 g/mol. The molecular formula is C20H20N4O2. The summed E-state index contributed by atoms with van der Waals surface area (Å²) in [6.45, 7) is 1.47. The number of ether oxygens (including phenoxy) is 1. The van der Waals surface area contributed by atoms with E-state index in [4.69, 9.17) is 4.74 Å². The first kappa shape index (κ1) is 16.3. The number of para-hydroxylation sites is 1. The van der Waals surface area contributed by atoms with Crippen LogP contribution in [-0.2, 0) is 6.54 Å². The average Bonchev–Trinajstić information content (AvgIpc) is 3.35. The van der Waals surface area contributed by atoms with E-state index >= 15 is 0 Å². The van der Waals surface area contributed by atoms with E-state index < -0.39 is 0 Å². The van der Waals surface area contributed by atoms with Crippen molar-refractivity contribution in [3.8, 4) is 11.5 Å². The van der Waals surface area contributed by atoms with E-state index in [9.17, 15) is 4.79 Å². The van der Waals surface area contributed by atoms with Crippen molar-refractivity contribution >= 4 is 5.91 Å². The zero-order chi connectivity index (χ0) is 17.8. The molecule has 1 atom stereocenters. The fourth-order valence-electron chi connectivity index (χ4n) is 3.34. The Morgan fingerprint density at radius 2 is 2.08 bits per heavy atom. The van der Waals surface area contributed by atoms with Gasteiger partial charge in [0.1, 0.15) is 11.5 Å². The van der Waals surface area contributed by atoms with Crippen molar-refractivity contribution in [2.75, 3.05) is 6.54 Å². The molecule has 3 heterocycles. The Kier molecular flexibility index (Phi) is 4.64. The summed E-state index contributed by atoms with van der Waals surface area (Å²) in [5.41, 5.74) is 0.573. The third kappa shape index (κ3) is 3.44. The number of aromatic nitrogens is 3. The molecule has 6 nitrogen and oxygen atoms in total. The van der Waals surface area contributed by atoms with E-state index in [2.05, 4.69) is 10.1 Å². The standard InChI is InChI=1S/C20H20N4O2/c25-20(24-13-4-6-16(24)15-23-12-5-11-22-23)18-8-1-2-9-19(18)26-17-7-3-10-21-14-17/h1-3,5,7-12,14,16H,4,6,13,15H2. The highest BCUT2D eigenvalue weighted by Gasteiger charge is 2.31. The average molecular weight is 348 g/mol. The van der Waals surface area contributed by atoms with Crippen LogP contribution in [0.25, 0.3) is 0 Å². The predicted molar refractivity (Wildman–Crippen MR) is 97.0 cm³/mol. The molecule has 1 aliphatic heterocycles. The summed E-state index contributed by atoms with van der Waals surface area (Å²) in [5.74, 6) is 1.16. The van der Waals surface area contributed by atoms with E-state index in [1.54, 1.807) is 24.7 Å². The van der Waals surface area contributed by atoms with Gasteiger partial charge in [-0.15, -0.1) is 0 Å². The summed E-state index contributed by atoms with van der Waals surface area (Å²) in [7, 11) is 0.